The highest BCUT2D eigenvalue weighted by Gasteiger charge is 2.13. The number of fused-ring (bicyclic) bond motifs is 1. The van der Waals surface area contributed by atoms with E-state index < -0.39 is 0 Å². The summed E-state index contributed by atoms with van der Waals surface area (Å²) < 4.78 is 0. The SMILES string of the molecule is CCC(NC(=O)CCNC(=O)c1ccc2ccccc2c1)c1ccc(Cl)cc1. The maximum atomic E-state index is 12.3. The van der Waals surface area contributed by atoms with Crippen molar-refractivity contribution in [3.8, 4) is 0 Å². The van der Waals surface area contributed by atoms with Crippen LogP contribution >= 0.6 is 11.6 Å². The van der Waals surface area contributed by atoms with Crippen LogP contribution in [0.3, 0.4) is 0 Å². The second-order valence-corrected chi connectivity index (χ2v) is 7.08. The number of rotatable bonds is 7. The highest BCUT2D eigenvalue weighted by molar-refractivity contribution is 6.30. The Kier molecular flexibility index (Phi) is 6.66. The van der Waals surface area contributed by atoms with Crippen LogP contribution in [0.15, 0.2) is 66.7 Å². The molecule has 0 aliphatic heterocycles. The normalized spacial score (nSPS) is 11.8. The highest BCUT2D eigenvalue weighted by atomic mass is 35.5. The third-order valence-corrected chi connectivity index (χ3v) is 4.92. The third kappa shape index (κ3) is 5.11. The Hall–Kier alpha value is -2.85. The summed E-state index contributed by atoms with van der Waals surface area (Å²) in [5, 5.41) is 8.60. The van der Waals surface area contributed by atoms with E-state index in [1.165, 1.54) is 0 Å². The molecule has 144 valence electrons. The minimum atomic E-state index is -0.178. The van der Waals surface area contributed by atoms with E-state index >= 15 is 0 Å². The van der Waals surface area contributed by atoms with Gasteiger partial charge in [0.2, 0.25) is 5.91 Å². The van der Waals surface area contributed by atoms with E-state index in [-0.39, 0.29) is 30.8 Å². The predicted molar refractivity (Wildman–Crippen MR) is 114 cm³/mol. The summed E-state index contributed by atoms with van der Waals surface area (Å²) in [4.78, 5) is 24.6. The Morgan fingerprint density at radius 3 is 2.39 bits per heavy atom. The molecule has 0 aromatic heterocycles. The van der Waals surface area contributed by atoms with Gasteiger partial charge < -0.3 is 10.6 Å². The van der Waals surface area contributed by atoms with Gasteiger partial charge in [-0.2, -0.15) is 0 Å². The van der Waals surface area contributed by atoms with Gasteiger partial charge in [0.1, 0.15) is 0 Å². The van der Waals surface area contributed by atoms with Crippen LogP contribution in [0.2, 0.25) is 5.02 Å². The van der Waals surface area contributed by atoms with E-state index in [1.54, 1.807) is 6.07 Å². The van der Waals surface area contributed by atoms with Crippen molar-refractivity contribution >= 4 is 34.2 Å². The summed E-state index contributed by atoms with van der Waals surface area (Å²) in [7, 11) is 0. The van der Waals surface area contributed by atoms with Gasteiger partial charge in [-0.15, -0.1) is 0 Å². The van der Waals surface area contributed by atoms with E-state index in [2.05, 4.69) is 10.6 Å². The molecule has 0 aliphatic carbocycles. The molecule has 3 aromatic carbocycles. The molecular weight excluding hydrogens is 372 g/mol. The first-order valence-corrected chi connectivity index (χ1v) is 9.76. The van der Waals surface area contributed by atoms with Gasteiger partial charge in [-0.05, 0) is 47.0 Å². The molecule has 0 fully saturated rings. The van der Waals surface area contributed by atoms with Crippen LogP contribution in [0.4, 0.5) is 0 Å². The van der Waals surface area contributed by atoms with Crippen LogP contribution in [0, 0.1) is 0 Å². The van der Waals surface area contributed by atoms with Gasteiger partial charge in [0.15, 0.2) is 0 Å². The van der Waals surface area contributed by atoms with Crippen molar-refractivity contribution in [2.45, 2.75) is 25.8 Å². The first-order chi connectivity index (χ1) is 13.6. The third-order valence-electron chi connectivity index (χ3n) is 4.67. The van der Waals surface area contributed by atoms with Crippen LogP contribution in [0.25, 0.3) is 10.8 Å². The second-order valence-electron chi connectivity index (χ2n) is 6.65. The molecule has 0 saturated heterocycles. The molecule has 0 heterocycles. The molecule has 2 amide bonds. The predicted octanol–water partition coefficient (Wildman–Crippen LogP) is 4.88. The van der Waals surface area contributed by atoms with Gasteiger partial charge in [-0.25, -0.2) is 0 Å². The van der Waals surface area contributed by atoms with Crippen LogP contribution in [0.1, 0.15) is 41.7 Å². The highest BCUT2D eigenvalue weighted by Crippen LogP contribution is 2.19. The topological polar surface area (TPSA) is 58.2 Å². The van der Waals surface area contributed by atoms with Crippen LogP contribution < -0.4 is 10.6 Å². The standard InChI is InChI=1S/C23H23ClN2O2/c1-2-21(17-9-11-20(24)12-10-17)26-22(27)13-14-25-23(28)19-8-7-16-5-3-4-6-18(16)15-19/h3-12,15,21H,2,13-14H2,1H3,(H,25,28)(H,26,27). The Bertz CT molecular complexity index is 970. The molecule has 3 aromatic rings. The molecule has 0 saturated carbocycles. The summed E-state index contributed by atoms with van der Waals surface area (Å²) in [5.41, 5.74) is 1.60. The number of benzene rings is 3. The van der Waals surface area contributed by atoms with Gasteiger partial charge in [-0.1, -0.05) is 61.0 Å². The number of nitrogens with one attached hydrogen (secondary N) is 2. The summed E-state index contributed by atoms with van der Waals surface area (Å²) in [6.07, 6.45) is 1.00. The van der Waals surface area contributed by atoms with E-state index in [0.717, 1.165) is 22.8 Å². The quantitative estimate of drug-likeness (QED) is 0.600. The molecular formula is C23H23ClN2O2. The van der Waals surface area contributed by atoms with Crippen molar-refractivity contribution < 1.29 is 9.59 Å². The van der Waals surface area contributed by atoms with Gasteiger partial charge in [-0.3, -0.25) is 9.59 Å². The van der Waals surface area contributed by atoms with Crippen molar-refractivity contribution in [2.24, 2.45) is 0 Å². The Labute approximate surface area is 169 Å². The molecule has 1 atom stereocenters. The summed E-state index contributed by atoms with van der Waals surface area (Å²) in [6, 6.07) is 20.9. The maximum absolute atomic E-state index is 12.3. The van der Waals surface area contributed by atoms with Crippen molar-refractivity contribution in [1.29, 1.82) is 0 Å². The number of amides is 2. The fourth-order valence-corrected chi connectivity index (χ4v) is 3.23. The molecule has 0 bridgehead atoms. The first kappa shape index (κ1) is 19.9. The molecule has 5 heteroatoms. The monoisotopic (exact) mass is 394 g/mol. The first-order valence-electron chi connectivity index (χ1n) is 9.38. The summed E-state index contributed by atoms with van der Waals surface area (Å²) in [5.74, 6) is -0.274. The lowest BCUT2D eigenvalue weighted by atomic mass is 10.0. The van der Waals surface area contributed by atoms with E-state index in [0.29, 0.717) is 10.6 Å². The zero-order valence-electron chi connectivity index (χ0n) is 15.7. The molecule has 28 heavy (non-hydrogen) atoms. The number of halogens is 1. The summed E-state index contributed by atoms with van der Waals surface area (Å²) >= 11 is 5.92. The lowest BCUT2D eigenvalue weighted by Gasteiger charge is -2.17. The molecule has 0 aliphatic rings. The molecule has 1 unspecified atom stereocenters. The minimum absolute atomic E-state index is 0.0686. The fourth-order valence-electron chi connectivity index (χ4n) is 3.10. The van der Waals surface area contributed by atoms with Gasteiger partial charge in [0.05, 0.1) is 6.04 Å². The fraction of sp³-hybridized carbons (Fsp3) is 0.217. The zero-order valence-corrected chi connectivity index (χ0v) is 16.5. The lowest BCUT2D eigenvalue weighted by Crippen LogP contribution is -2.32. The Morgan fingerprint density at radius 1 is 0.964 bits per heavy atom. The second kappa shape index (κ2) is 9.38. The average molecular weight is 395 g/mol. The van der Waals surface area contributed by atoms with Gasteiger partial charge >= 0.3 is 0 Å². The zero-order chi connectivity index (χ0) is 19.9. The average Bonchev–Trinajstić information content (AvgIpc) is 2.72. The molecule has 4 nitrogen and oxygen atoms in total. The molecule has 3 rings (SSSR count). The van der Waals surface area contributed by atoms with Gasteiger partial charge in [0.25, 0.3) is 5.91 Å². The Morgan fingerprint density at radius 2 is 1.68 bits per heavy atom. The number of carbonyl (C=O) groups excluding carboxylic acids is 2. The van der Waals surface area contributed by atoms with E-state index in [9.17, 15) is 9.59 Å². The van der Waals surface area contributed by atoms with E-state index in [1.807, 2.05) is 67.6 Å². The smallest absolute Gasteiger partial charge is 0.251 e. The molecule has 0 spiro atoms. The van der Waals surface area contributed by atoms with Crippen molar-refractivity contribution in [3.63, 3.8) is 0 Å². The van der Waals surface area contributed by atoms with Crippen LogP contribution in [-0.4, -0.2) is 18.4 Å². The summed E-state index contributed by atoms with van der Waals surface area (Å²) in [6.45, 7) is 2.30. The van der Waals surface area contributed by atoms with Gasteiger partial charge in [0, 0.05) is 23.6 Å². The van der Waals surface area contributed by atoms with Crippen molar-refractivity contribution in [3.05, 3.63) is 82.9 Å². The largest absolute Gasteiger partial charge is 0.352 e. The van der Waals surface area contributed by atoms with Crippen molar-refractivity contribution in [1.82, 2.24) is 10.6 Å². The van der Waals surface area contributed by atoms with Crippen LogP contribution in [-0.2, 0) is 4.79 Å². The number of carbonyl (C=O) groups is 2. The molecule has 0 radical (unpaired) electrons. The lowest BCUT2D eigenvalue weighted by molar-refractivity contribution is -0.121. The molecule has 2 N–H and O–H groups in total. The maximum Gasteiger partial charge on any atom is 0.251 e. The van der Waals surface area contributed by atoms with Crippen molar-refractivity contribution in [2.75, 3.05) is 6.54 Å². The minimum Gasteiger partial charge on any atom is -0.352 e. The van der Waals surface area contributed by atoms with E-state index in [4.69, 9.17) is 11.6 Å². The van der Waals surface area contributed by atoms with Crippen LogP contribution in [0.5, 0.6) is 0 Å². The number of hydrogen-bond donors (Lipinski definition) is 2. The Balaban J connectivity index is 1.51. The number of hydrogen-bond acceptors (Lipinski definition) is 2.